The van der Waals surface area contributed by atoms with Gasteiger partial charge in [-0.15, -0.1) is 0 Å². The van der Waals surface area contributed by atoms with Crippen molar-refractivity contribution in [2.24, 2.45) is 0 Å². The first kappa shape index (κ1) is 14.7. The van der Waals surface area contributed by atoms with Crippen LogP contribution < -0.4 is 0 Å². The summed E-state index contributed by atoms with van der Waals surface area (Å²) in [6, 6.07) is 0. The highest BCUT2D eigenvalue weighted by Crippen LogP contribution is 2.04. The number of esters is 1. The van der Waals surface area contributed by atoms with E-state index in [0.717, 1.165) is 44.9 Å². The van der Waals surface area contributed by atoms with Crippen LogP contribution in [0.1, 0.15) is 51.4 Å². The predicted molar refractivity (Wildman–Crippen MR) is 75.3 cm³/mol. The number of carbonyl (C=O) groups is 1. The van der Waals surface area contributed by atoms with Crippen LogP contribution in [0.15, 0.2) is 36.5 Å². The number of rotatable bonds is 0. The molecule has 0 aromatic rings. The van der Waals surface area contributed by atoms with Gasteiger partial charge in [-0.2, -0.15) is 0 Å². The van der Waals surface area contributed by atoms with Gasteiger partial charge in [-0.25, -0.2) is 0 Å². The molecule has 0 amide bonds. The zero-order valence-electron chi connectivity index (χ0n) is 11.1. The lowest BCUT2D eigenvalue weighted by Crippen LogP contribution is -2.05. The van der Waals surface area contributed by atoms with Gasteiger partial charge in [0.05, 0.1) is 6.61 Å². The van der Waals surface area contributed by atoms with Gasteiger partial charge in [0.2, 0.25) is 0 Å². The lowest BCUT2D eigenvalue weighted by atomic mass is 10.2. The fraction of sp³-hybridized carbons (Fsp3) is 0.562. The molecule has 1 heterocycles. The van der Waals surface area contributed by atoms with Crippen molar-refractivity contribution in [2.75, 3.05) is 6.61 Å². The summed E-state index contributed by atoms with van der Waals surface area (Å²) in [7, 11) is 0. The predicted octanol–water partition coefficient (Wildman–Crippen LogP) is 4.33. The van der Waals surface area contributed by atoms with Gasteiger partial charge in [0.25, 0.3) is 0 Å². The average Bonchev–Trinajstić information content (AvgIpc) is 2.37. The van der Waals surface area contributed by atoms with Crippen LogP contribution in [0.2, 0.25) is 0 Å². The largest absolute Gasteiger partial charge is 0.466 e. The number of ether oxygens (including phenoxy) is 1. The van der Waals surface area contributed by atoms with E-state index in [1.807, 2.05) is 0 Å². The highest BCUT2D eigenvalue weighted by Gasteiger charge is 2.01. The van der Waals surface area contributed by atoms with Crippen molar-refractivity contribution in [2.45, 2.75) is 51.4 Å². The Bertz CT molecular complexity index is 272. The molecule has 18 heavy (non-hydrogen) atoms. The Kier molecular flexibility index (Phi) is 8.87. The van der Waals surface area contributed by atoms with E-state index in [1.165, 1.54) is 0 Å². The maximum Gasteiger partial charge on any atom is 0.305 e. The maximum atomic E-state index is 11.4. The standard InChI is InChI=1S/C16H24O2/c17-16-14-12-10-8-6-4-2-1-3-5-7-9-11-13-15-18-16/h1,3-4,6-7,9H,2,5,8,10-15H2/b3-1+,6-4+,9-7+. The highest BCUT2D eigenvalue weighted by atomic mass is 16.5. The third-order valence-electron chi connectivity index (χ3n) is 2.82. The molecule has 0 aromatic heterocycles. The number of allylic oxidation sites excluding steroid dienone is 6. The number of cyclic esters (lactones) is 1. The number of hydrogen-bond acceptors (Lipinski definition) is 2. The van der Waals surface area contributed by atoms with Crippen LogP contribution in [0.25, 0.3) is 0 Å². The second-order valence-electron chi connectivity index (χ2n) is 4.49. The van der Waals surface area contributed by atoms with Gasteiger partial charge in [-0.3, -0.25) is 4.79 Å². The second-order valence-corrected chi connectivity index (χ2v) is 4.49. The Hall–Kier alpha value is -1.31. The van der Waals surface area contributed by atoms with Gasteiger partial charge < -0.3 is 4.74 Å². The molecule has 100 valence electrons. The van der Waals surface area contributed by atoms with Gasteiger partial charge in [0, 0.05) is 6.42 Å². The van der Waals surface area contributed by atoms with Gasteiger partial charge in [-0.05, 0) is 44.9 Å². The molecule has 0 unspecified atom stereocenters. The monoisotopic (exact) mass is 248 g/mol. The molecule has 0 N–H and O–H groups in total. The van der Waals surface area contributed by atoms with Crippen LogP contribution in [0.3, 0.4) is 0 Å². The molecule has 1 aliphatic rings. The summed E-state index contributed by atoms with van der Waals surface area (Å²) >= 11 is 0. The third kappa shape index (κ3) is 8.80. The van der Waals surface area contributed by atoms with Crippen LogP contribution in [0.4, 0.5) is 0 Å². The summed E-state index contributed by atoms with van der Waals surface area (Å²) < 4.78 is 5.16. The molecule has 0 radical (unpaired) electrons. The van der Waals surface area contributed by atoms with Gasteiger partial charge in [-0.1, -0.05) is 36.5 Å². The summed E-state index contributed by atoms with van der Waals surface area (Å²) in [6.45, 7) is 0.554. The van der Waals surface area contributed by atoms with E-state index in [1.54, 1.807) is 0 Å². The smallest absolute Gasteiger partial charge is 0.305 e. The Labute approximate surface area is 110 Å². The van der Waals surface area contributed by atoms with E-state index in [2.05, 4.69) is 36.5 Å². The summed E-state index contributed by atoms with van der Waals surface area (Å²) in [5.74, 6) is -0.0473. The van der Waals surface area contributed by atoms with E-state index in [0.29, 0.717) is 13.0 Å². The van der Waals surface area contributed by atoms with Crippen LogP contribution in [-0.2, 0) is 9.53 Å². The molecule has 2 nitrogen and oxygen atoms in total. The topological polar surface area (TPSA) is 26.3 Å². The van der Waals surface area contributed by atoms with Gasteiger partial charge >= 0.3 is 5.97 Å². The fourth-order valence-corrected chi connectivity index (χ4v) is 1.77. The van der Waals surface area contributed by atoms with E-state index in [4.69, 9.17) is 4.74 Å². The van der Waals surface area contributed by atoms with Gasteiger partial charge in [0.15, 0.2) is 0 Å². The van der Waals surface area contributed by atoms with Crippen molar-refractivity contribution in [1.82, 2.24) is 0 Å². The Morgan fingerprint density at radius 3 is 2.11 bits per heavy atom. The van der Waals surface area contributed by atoms with Crippen LogP contribution in [0, 0.1) is 0 Å². The van der Waals surface area contributed by atoms with E-state index >= 15 is 0 Å². The highest BCUT2D eigenvalue weighted by molar-refractivity contribution is 5.69. The zero-order chi connectivity index (χ0) is 12.9. The van der Waals surface area contributed by atoms with Crippen molar-refractivity contribution in [1.29, 1.82) is 0 Å². The zero-order valence-corrected chi connectivity index (χ0v) is 11.1. The summed E-state index contributed by atoms with van der Waals surface area (Å²) in [6.07, 6.45) is 20.6. The van der Waals surface area contributed by atoms with E-state index in [-0.39, 0.29) is 5.97 Å². The lowest BCUT2D eigenvalue weighted by Gasteiger charge is -2.03. The minimum Gasteiger partial charge on any atom is -0.466 e. The molecule has 0 spiro atoms. The van der Waals surface area contributed by atoms with E-state index < -0.39 is 0 Å². The first-order valence-electron chi connectivity index (χ1n) is 7.00. The molecule has 0 saturated heterocycles. The van der Waals surface area contributed by atoms with Crippen LogP contribution in [-0.4, -0.2) is 12.6 Å². The lowest BCUT2D eigenvalue weighted by molar-refractivity contribution is -0.143. The molecule has 0 bridgehead atoms. The second kappa shape index (κ2) is 10.8. The molecule has 1 rings (SSSR count). The molecule has 0 saturated carbocycles. The number of hydrogen-bond donors (Lipinski definition) is 0. The first-order chi connectivity index (χ1) is 8.89. The number of carbonyl (C=O) groups excluding carboxylic acids is 1. The molecular formula is C16H24O2. The summed E-state index contributed by atoms with van der Waals surface area (Å²) in [5.41, 5.74) is 0. The maximum absolute atomic E-state index is 11.4. The van der Waals surface area contributed by atoms with Crippen molar-refractivity contribution in [3.63, 3.8) is 0 Å². The van der Waals surface area contributed by atoms with E-state index in [9.17, 15) is 4.79 Å². The van der Waals surface area contributed by atoms with Crippen molar-refractivity contribution < 1.29 is 9.53 Å². The molecular weight excluding hydrogens is 224 g/mol. The molecule has 0 aliphatic carbocycles. The quantitative estimate of drug-likeness (QED) is 0.471. The third-order valence-corrected chi connectivity index (χ3v) is 2.82. The van der Waals surface area contributed by atoms with Crippen LogP contribution in [0.5, 0.6) is 0 Å². The van der Waals surface area contributed by atoms with Crippen molar-refractivity contribution >= 4 is 5.97 Å². The molecule has 0 atom stereocenters. The Balaban J connectivity index is 2.31. The van der Waals surface area contributed by atoms with Gasteiger partial charge in [0.1, 0.15) is 0 Å². The van der Waals surface area contributed by atoms with Crippen LogP contribution >= 0.6 is 0 Å². The normalized spacial score (nSPS) is 25.7. The minimum absolute atomic E-state index is 0.0473. The molecule has 2 heteroatoms. The summed E-state index contributed by atoms with van der Waals surface area (Å²) in [4.78, 5) is 11.4. The summed E-state index contributed by atoms with van der Waals surface area (Å²) in [5, 5.41) is 0. The Morgan fingerprint density at radius 2 is 1.39 bits per heavy atom. The first-order valence-corrected chi connectivity index (χ1v) is 7.00. The fourth-order valence-electron chi connectivity index (χ4n) is 1.77. The average molecular weight is 248 g/mol. The van der Waals surface area contributed by atoms with Crippen molar-refractivity contribution in [3.05, 3.63) is 36.5 Å². The minimum atomic E-state index is -0.0473. The SMILES string of the molecule is O=C1CCCC/C=C/C/C=C/C/C=C/CCCO1. The molecule has 1 aliphatic heterocycles. The molecule has 0 fully saturated rings. The Morgan fingerprint density at radius 1 is 0.778 bits per heavy atom. The van der Waals surface area contributed by atoms with Crippen molar-refractivity contribution in [3.8, 4) is 0 Å². The molecule has 0 aromatic carbocycles.